The first-order chi connectivity index (χ1) is 3.98. The summed E-state index contributed by atoms with van der Waals surface area (Å²) in [5, 5.41) is 0. The zero-order valence-electron chi connectivity index (χ0n) is 5.36. The average Bonchev–Trinajstić information content (AvgIpc) is 1.64. The van der Waals surface area contributed by atoms with Crippen molar-refractivity contribution in [3.05, 3.63) is 0 Å². The second-order valence-electron chi connectivity index (χ2n) is 1.78. The Morgan fingerprint density at radius 1 is 1.67 bits per heavy atom. The van der Waals surface area contributed by atoms with Crippen molar-refractivity contribution in [1.29, 1.82) is 0 Å². The van der Waals surface area contributed by atoms with E-state index in [0.717, 1.165) is 0 Å². The summed E-state index contributed by atoms with van der Waals surface area (Å²) in [5.41, 5.74) is 0. The molecule has 0 radical (unpaired) electrons. The Morgan fingerprint density at radius 2 is 2.11 bits per heavy atom. The molecule has 0 fully saturated rings. The molecule has 0 saturated carbocycles. The largest absolute Gasteiger partial charge is 0.426 e. The summed E-state index contributed by atoms with van der Waals surface area (Å²) < 4.78 is 25.8. The van der Waals surface area contributed by atoms with Gasteiger partial charge in [0.1, 0.15) is 0 Å². The first kappa shape index (κ1) is 9.48. The third-order valence-corrected chi connectivity index (χ3v) is 6.38. The fourth-order valence-corrected chi connectivity index (χ4v) is 2.43. The van der Waals surface area contributed by atoms with Crippen molar-refractivity contribution >= 4 is 30.3 Å². The minimum atomic E-state index is -3.13. The third kappa shape index (κ3) is 3.96. The van der Waals surface area contributed by atoms with Gasteiger partial charge in [-0.1, -0.05) is 0 Å². The van der Waals surface area contributed by atoms with Crippen molar-refractivity contribution in [3.63, 3.8) is 0 Å². The van der Waals surface area contributed by atoms with Gasteiger partial charge < -0.3 is 4.43 Å². The van der Waals surface area contributed by atoms with E-state index in [0.29, 0.717) is 0 Å². The predicted molar refractivity (Wildman–Crippen MR) is 42.9 cm³/mol. The lowest BCUT2D eigenvalue weighted by Crippen LogP contribution is -2.21. The van der Waals surface area contributed by atoms with E-state index in [4.69, 9.17) is 4.43 Å². The number of thiol groups is 1. The molecule has 0 aromatic rings. The minimum Gasteiger partial charge on any atom is -0.426 e. The lowest BCUT2D eigenvalue weighted by atomic mass is 11.0. The molecule has 1 atom stereocenters. The highest BCUT2D eigenvalue weighted by atomic mass is 33.1. The molecule has 6 heteroatoms. The van der Waals surface area contributed by atoms with Crippen molar-refractivity contribution < 1.29 is 12.8 Å². The van der Waals surface area contributed by atoms with Crippen LogP contribution in [0.4, 0.5) is 0 Å². The highest BCUT2D eigenvalue weighted by Gasteiger charge is 2.15. The van der Waals surface area contributed by atoms with E-state index in [-0.39, 0.29) is 4.87 Å². The van der Waals surface area contributed by atoms with Gasteiger partial charge >= 0.3 is 0 Å². The fraction of sp³-hybridized carbons (Fsp3) is 1.00. The third-order valence-electron chi connectivity index (χ3n) is 0.910. The lowest BCUT2D eigenvalue weighted by molar-refractivity contribution is 0.439. The normalized spacial score (nSPS) is 16.8. The van der Waals surface area contributed by atoms with Gasteiger partial charge in [0.25, 0.3) is 0 Å². The molecule has 0 bridgehead atoms. The van der Waals surface area contributed by atoms with Crippen LogP contribution in [0.1, 0.15) is 6.92 Å². The monoisotopic (exact) mass is 186 g/mol. The van der Waals surface area contributed by atoms with E-state index in [1.165, 1.54) is 7.11 Å². The van der Waals surface area contributed by atoms with Gasteiger partial charge in [0.15, 0.2) is 9.76 Å². The van der Waals surface area contributed by atoms with Crippen LogP contribution in [-0.2, 0) is 13.3 Å². The summed E-state index contributed by atoms with van der Waals surface area (Å²) in [7, 11) is -2.54. The van der Waals surface area contributed by atoms with Gasteiger partial charge in [-0.3, -0.25) is 0 Å². The van der Waals surface area contributed by atoms with Crippen LogP contribution in [0.3, 0.4) is 0 Å². The van der Waals surface area contributed by atoms with E-state index < -0.39 is 18.6 Å². The molecule has 1 unspecified atom stereocenters. The van der Waals surface area contributed by atoms with Crippen LogP contribution in [0.15, 0.2) is 0 Å². The molecule has 0 rings (SSSR count). The molecule has 0 spiro atoms. The van der Waals surface area contributed by atoms with E-state index in [9.17, 15) is 8.42 Å². The number of rotatable bonds is 3. The van der Waals surface area contributed by atoms with Crippen LogP contribution in [-0.4, -0.2) is 30.2 Å². The standard InChI is InChI=1S/C3H10O3S2Si/c1-3(9-6-2)8(4,5)7/h3H,9H2,1-2H3,(H,4,5,7). The molecule has 3 nitrogen and oxygen atoms in total. The quantitative estimate of drug-likeness (QED) is 0.361. The number of hydrogen-bond acceptors (Lipinski definition) is 3. The van der Waals surface area contributed by atoms with Crippen LogP contribution >= 0.6 is 11.7 Å². The van der Waals surface area contributed by atoms with Gasteiger partial charge in [-0.15, -0.1) is 0 Å². The van der Waals surface area contributed by atoms with Crippen molar-refractivity contribution in [2.24, 2.45) is 0 Å². The van der Waals surface area contributed by atoms with Crippen LogP contribution in [0.5, 0.6) is 0 Å². The maximum Gasteiger partial charge on any atom is 0.200 e. The molecule has 0 aliphatic carbocycles. The highest BCUT2D eigenvalue weighted by molar-refractivity contribution is 8.64. The zero-order valence-corrected chi connectivity index (χ0v) is 8.49. The smallest absolute Gasteiger partial charge is 0.200 e. The molecule has 0 heterocycles. The Bertz CT molecular complexity index is 164. The van der Waals surface area contributed by atoms with Crippen molar-refractivity contribution in [1.82, 2.24) is 0 Å². The van der Waals surface area contributed by atoms with Gasteiger partial charge in [-0.2, -0.15) is 0 Å². The van der Waals surface area contributed by atoms with Gasteiger partial charge in [-0.25, -0.2) is 8.42 Å². The maximum atomic E-state index is 10.5. The van der Waals surface area contributed by atoms with Crippen LogP contribution in [0.2, 0.25) is 0 Å². The molecule has 0 aliphatic rings. The van der Waals surface area contributed by atoms with Crippen molar-refractivity contribution in [3.8, 4) is 0 Å². The Morgan fingerprint density at radius 3 is 2.22 bits per heavy atom. The molecule has 0 aromatic carbocycles. The number of hydrogen-bond donors (Lipinski definition) is 1. The Labute approximate surface area is 62.5 Å². The Balaban J connectivity index is 3.90. The van der Waals surface area contributed by atoms with Gasteiger partial charge in [0.05, 0.1) is 4.87 Å². The van der Waals surface area contributed by atoms with Crippen molar-refractivity contribution in [2.45, 2.75) is 11.8 Å². The minimum absolute atomic E-state index is 0.383. The lowest BCUT2D eigenvalue weighted by Gasteiger charge is -2.03. The summed E-state index contributed by atoms with van der Waals surface area (Å²) in [5.74, 6) is 0. The molecule has 0 aromatic heterocycles. The van der Waals surface area contributed by atoms with E-state index in [1.807, 2.05) is 0 Å². The van der Waals surface area contributed by atoms with Gasteiger partial charge in [0, 0.05) is 7.11 Å². The van der Waals surface area contributed by atoms with Gasteiger partial charge in [0.2, 0.25) is 8.87 Å². The first-order valence-electron chi connectivity index (χ1n) is 2.43. The summed E-state index contributed by atoms with van der Waals surface area (Å²) in [6, 6.07) is 0. The summed E-state index contributed by atoms with van der Waals surface area (Å²) in [4.78, 5) is -0.383. The second-order valence-corrected chi connectivity index (χ2v) is 7.87. The van der Waals surface area contributed by atoms with Gasteiger partial charge in [-0.05, 0) is 18.6 Å². The maximum absolute atomic E-state index is 10.5. The molecule has 9 heavy (non-hydrogen) atoms. The topological polar surface area (TPSA) is 43.4 Å². The summed E-state index contributed by atoms with van der Waals surface area (Å²) in [6.07, 6.45) is 0. The first-order valence-corrected chi connectivity index (χ1v) is 6.43. The van der Waals surface area contributed by atoms with Crippen LogP contribution in [0.25, 0.3) is 0 Å². The SMILES string of the molecule is CO[SiH2]C(C)S(=O)(=O)S. The molecule has 0 saturated heterocycles. The van der Waals surface area contributed by atoms with E-state index in [2.05, 4.69) is 11.7 Å². The van der Waals surface area contributed by atoms with Crippen LogP contribution in [0, 0.1) is 0 Å². The second kappa shape index (κ2) is 3.60. The Hall–Kier alpha value is 0.477. The molecule has 0 aliphatic heterocycles. The van der Waals surface area contributed by atoms with Crippen LogP contribution < -0.4 is 0 Å². The molecule has 0 amide bonds. The average molecular weight is 186 g/mol. The molecular weight excluding hydrogens is 176 g/mol. The zero-order chi connectivity index (χ0) is 7.49. The van der Waals surface area contributed by atoms with E-state index in [1.54, 1.807) is 6.92 Å². The van der Waals surface area contributed by atoms with E-state index >= 15 is 0 Å². The predicted octanol–water partition coefficient (Wildman–Crippen LogP) is -0.678. The summed E-state index contributed by atoms with van der Waals surface area (Å²) in [6.45, 7) is 1.61. The summed E-state index contributed by atoms with van der Waals surface area (Å²) >= 11 is 3.41. The molecule has 0 N–H and O–H groups in total. The van der Waals surface area contributed by atoms with Crippen molar-refractivity contribution in [2.75, 3.05) is 7.11 Å². The fourth-order valence-electron chi connectivity index (χ4n) is 0.321. The molecule has 56 valence electrons. The molecular formula is C3H10O3S2Si. The highest BCUT2D eigenvalue weighted by Crippen LogP contribution is 2.03. The Kier molecular flexibility index (Phi) is 3.79.